The molecule has 0 aliphatic heterocycles. The molecule has 1 amide bonds. The van der Waals surface area contributed by atoms with Gasteiger partial charge in [0.15, 0.2) is 5.82 Å². The largest absolute Gasteiger partial charge is 0.364 e. The van der Waals surface area contributed by atoms with Gasteiger partial charge in [0.05, 0.1) is 0 Å². The van der Waals surface area contributed by atoms with Crippen LogP contribution in [-0.4, -0.2) is 26.7 Å². The van der Waals surface area contributed by atoms with Crippen molar-refractivity contribution in [3.05, 3.63) is 41.9 Å². The van der Waals surface area contributed by atoms with E-state index in [4.69, 9.17) is 11.5 Å². The van der Waals surface area contributed by atoms with Crippen molar-refractivity contribution in [1.82, 2.24) is 14.8 Å². The highest BCUT2D eigenvalue weighted by Gasteiger charge is 2.11. The van der Waals surface area contributed by atoms with Crippen molar-refractivity contribution in [2.75, 3.05) is 0 Å². The van der Waals surface area contributed by atoms with Crippen LogP contribution >= 0.6 is 0 Å². The summed E-state index contributed by atoms with van der Waals surface area (Å²) in [5.41, 5.74) is 12.2. The van der Waals surface area contributed by atoms with Gasteiger partial charge in [0.25, 0.3) is 5.91 Å². The van der Waals surface area contributed by atoms with Gasteiger partial charge in [-0.2, -0.15) is 5.10 Å². The Morgan fingerprint density at radius 1 is 1.50 bits per heavy atom. The minimum Gasteiger partial charge on any atom is -0.364 e. The molecule has 2 aromatic rings. The van der Waals surface area contributed by atoms with Crippen molar-refractivity contribution in [2.24, 2.45) is 11.5 Å². The molecule has 4 N–H and O–H groups in total. The van der Waals surface area contributed by atoms with Crippen molar-refractivity contribution in [1.29, 1.82) is 0 Å². The zero-order valence-electron chi connectivity index (χ0n) is 10.1. The Morgan fingerprint density at radius 3 is 2.89 bits per heavy atom. The Hall–Kier alpha value is -2.21. The van der Waals surface area contributed by atoms with E-state index in [1.165, 1.54) is 4.68 Å². The Bertz CT molecular complexity index is 561. The third kappa shape index (κ3) is 2.54. The molecule has 6 heteroatoms. The van der Waals surface area contributed by atoms with Crippen LogP contribution in [0, 0.1) is 0 Å². The van der Waals surface area contributed by atoms with Crippen LogP contribution in [0.3, 0.4) is 0 Å². The zero-order chi connectivity index (χ0) is 13.1. The Balaban J connectivity index is 2.39. The van der Waals surface area contributed by atoms with Gasteiger partial charge in [-0.25, -0.2) is 9.67 Å². The lowest BCUT2D eigenvalue weighted by atomic mass is 10.1. The number of carbonyl (C=O) groups excluding carboxylic acids is 1. The van der Waals surface area contributed by atoms with Crippen LogP contribution in [0.1, 0.15) is 23.0 Å². The lowest BCUT2D eigenvalue weighted by Crippen LogP contribution is -2.19. The fourth-order valence-electron chi connectivity index (χ4n) is 1.72. The molecule has 0 radical (unpaired) electrons. The summed E-state index contributed by atoms with van der Waals surface area (Å²) in [6, 6.07) is 5.38. The molecule has 0 aromatic carbocycles. The van der Waals surface area contributed by atoms with E-state index in [1.807, 2.05) is 19.1 Å². The molecule has 2 rings (SSSR count). The highest BCUT2D eigenvalue weighted by Crippen LogP contribution is 2.12. The molecule has 94 valence electrons. The molecule has 0 bridgehead atoms. The maximum Gasteiger partial charge on any atom is 0.269 e. The van der Waals surface area contributed by atoms with Gasteiger partial charge in [-0.15, -0.1) is 0 Å². The van der Waals surface area contributed by atoms with Gasteiger partial charge in [-0.05, 0) is 31.0 Å². The van der Waals surface area contributed by atoms with E-state index in [2.05, 4.69) is 10.1 Å². The molecule has 0 saturated heterocycles. The molecule has 0 spiro atoms. The lowest BCUT2D eigenvalue weighted by molar-refractivity contribution is 0.0995. The smallest absolute Gasteiger partial charge is 0.269 e. The summed E-state index contributed by atoms with van der Waals surface area (Å²) in [7, 11) is 0. The average molecular weight is 245 g/mol. The summed E-state index contributed by atoms with van der Waals surface area (Å²) in [6.07, 6.45) is 4.02. The number of rotatable bonds is 4. The number of nitrogens with zero attached hydrogens (tertiary/aromatic N) is 3. The van der Waals surface area contributed by atoms with Crippen LogP contribution in [-0.2, 0) is 6.42 Å². The van der Waals surface area contributed by atoms with E-state index < -0.39 is 5.91 Å². The number of amides is 1. The fraction of sp³-hybridized carbons (Fsp3) is 0.250. The standard InChI is InChI=1S/C12H15N5O/c1-8(13)7-9-3-2-5-15-12(9)17-6-4-10(16-17)11(14)18/h2-6,8H,7,13H2,1H3,(H2,14,18). The van der Waals surface area contributed by atoms with Crippen LogP contribution in [0.2, 0.25) is 0 Å². The second-order valence-corrected chi connectivity index (χ2v) is 4.18. The van der Waals surface area contributed by atoms with Gasteiger partial charge in [0.2, 0.25) is 0 Å². The van der Waals surface area contributed by atoms with Gasteiger partial charge >= 0.3 is 0 Å². The van der Waals surface area contributed by atoms with E-state index in [1.54, 1.807) is 18.5 Å². The molecule has 0 fully saturated rings. The summed E-state index contributed by atoms with van der Waals surface area (Å²) < 4.78 is 1.54. The van der Waals surface area contributed by atoms with E-state index >= 15 is 0 Å². The van der Waals surface area contributed by atoms with Crippen LogP contribution in [0.25, 0.3) is 5.82 Å². The minimum absolute atomic E-state index is 0.0270. The molecule has 18 heavy (non-hydrogen) atoms. The predicted octanol–water partition coefficient (Wildman–Crippen LogP) is 0.256. The third-order valence-electron chi connectivity index (χ3n) is 2.47. The predicted molar refractivity (Wildman–Crippen MR) is 67.2 cm³/mol. The molecular formula is C12H15N5O. The van der Waals surface area contributed by atoms with Gasteiger partial charge in [-0.1, -0.05) is 6.07 Å². The summed E-state index contributed by atoms with van der Waals surface area (Å²) in [6.45, 7) is 1.93. The van der Waals surface area contributed by atoms with Crippen molar-refractivity contribution < 1.29 is 4.79 Å². The number of hydrogen-bond donors (Lipinski definition) is 2. The Labute approximate surface area is 105 Å². The Kier molecular flexibility index (Phi) is 3.38. The molecule has 0 aliphatic carbocycles. The number of hydrogen-bond acceptors (Lipinski definition) is 4. The normalized spacial score (nSPS) is 12.3. The SMILES string of the molecule is CC(N)Cc1cccnc1-n1ccc(C(N)=O)n1. The van der Waals surface area contributed by atoms with Crippen LogP contribution in [0.4, 0.5) is 0 Å². The molecule has 6 nitrogen and oxygen atoms in total. The van der Waals surface area contributed by atoms with Gasteiger partial charge in [0.1, 0.15) is 5.69 Å². The highest BCUT2D eigenvalue weighted by molar-refractivity contribution is 5.90. The topological polar surface area (TPSA) is 99.8 Å². The average Bonchev–Trinajstić information content (AvgIpc) is 2.78. The molecule has 2 heterocycles. The lowest BCUT2D eigenvalue weighted by Gasteiger charge is -2.10. The van der Waals surface area contributed by atoms with Crippen molar-refractivity contribution in [3.63, 3.8) is 0 Å². The summed E-state index contributed by atoms with van der Waals surface area (Å²) in [4.78, 5) is 15.3. The third-order valence-corrected chi connectivity index (χ3v) is 2.47. The number of primary amides is 1. The van der Waals surface area contributed by atoms with Crippen molar-refractivity contribution in [2.45, 2.75) is 19.4 Å². The zero-order valence-corrected chi connectivity index (χ0v) is 10.1. The highest BCUT2D eigenvalue weighted by atomic mass is 16.1. The van der Waals surface area contributed by atoms with Gasteiger partial charge in [-0.3, -0.25) is 4.79 Å². The van der Waals surface area contributed by atoms with E-state index in [-0.39, 0.29) is 11.7 Å². The number of carbonyl (C=O) groups is 1. The summed E-state index contributed by atoms with van der Waals surface area (Å²) in [5.74, 6) is 0.112. The van der Waals surface area contributed by atoms with Crippen molar-refractivity contribution in [3.8, 4) is 5.82 Å². The van der Waals surface area contributed by atoms with E-state index in [9.17, 15) is 4.79 Å². The van der Waals surface area contributed by atoms with Crippen molar-refractivity contribution >= 4 is 5.91 Å². The molecule has 1 unspecified atom stereocenters. The fourth-order valence-corrected chi connectivity index (χ4v) is 1.72. The monoisotopic (exact) mass is 245 g/mol. The molecular weight excluding hydrogens is 230 g/mol. The molecule has 1 atom stereocenters. The van der Waals surface area contributed by atoms with E-state index in [0.29, 0.717) is 12.2 Å². The Morgan fingerprint density at radius 2 is 2.28 bits per heavy atom. The number of aromatic nitrogens is 3. The summed E-state index contributed by atoms with van der Waals surface area (Å²) in [5, 5.41) is 4.09. The first-order valence-corrected chi connectivity index (χ1v) is 5.63. The van der Waals surface area contributed by atoms with Gasteiger partial charge < -0.3 is 11.5 Å². The molecule has 2 aromatic heterocycles. The number of nitrogens with two attached hydrogens (primary N) is 2. The molecule has 0 saturated carbocycles. The second-order valence-electron chi connectivity index (χ2n) is 4.18. The van der Waals surface area contributed by atoms with Crippen LogP contribution in [0.5, 0.6) is 0 Å². The first-order chi connectivity index (χ1) is 8.58. The van der Waals surface area contributed by atoms with Crippen LogP contribution < -0.4 is 11.5 Å². The molecule has 0 aliphatic rings. The quantitative estimate of drug-likeness (QED) is 0.806. The maximum absolute atomic E-state index is 11.0. The van der Waals surface area contributed by atoms with Crippen LogP contribution in [0.15, 0.2) is 30.6 Å². The first-order valence-electron chi connectivity index (χ1n) is 5.63. The maximum atomic E-state index is 11.0. The minimum atomic E-state index is -0.557. The van der Waals surface area contributed by atoms with Gasteiger partial charge in [0, 0.05) is 18.4 Å². The summed E-state index contributed by atoms with van der Waals surface area (Å²) >= 11 is 0. The van der Waals surface area contributed by atoms with E-state index in [0.717, 1.165) is 5.56 Å². The second kappa shape index (κ2) is 4.97. The number of pyridine rings is 1. The first kappa shape index (κ1) is 12.3.